The standard InChI is InChI=1S/C21H33F3N6O2Si/c1-33(2,3)11-10-32-15-30-9-7-17-19(30)25-13-18(27-17)28-20(31)26-12-16-6-4-5-8-29(16)14-21(22,23)24/h7,9,13,16H,4-6,8,10-12,14-15H2,1-3H3,(H2,26,27,28,31). The van der Waals surface area contributed by atoms with Gasteiger partial charge in [-0.15, -0.1) is 0 Å². The highest BCUT2D eigenvalue weighted by Crippen LogP contribution is 2.23. The second kappa shape index (κ2) is 10.8. The van der Waals surface area contributed by atoms with Gasteiger partial charge in [-0.2, -0.15) is 13.2 Å². The topological polar surface area (TPSA) is 84.3 Å². The molecule has 2 amide bonds. The van der Waals surface area contributed by atoms with E-state index in [-0.39, 0.29) is 18.4 Å². The molecule has 0 spiro atoms. The molecule has 0 radical (unpaired) electrons. The van der Waals surface area contributed by atoms with Crippen LogP contribution < -0.4 is 10.6 Å². The molecule has 1 fully saturated rings. The molecular weight excluding hydrogens is 453 g/mol. The number of aromatic nitrogens is 3. The van der Waals surface area contributed by atoms with Crippen LogP contribution in [0.15, 0.2) is 18.5 Å². The van der Waals surface area contributed by atoms with Crippen LogP contribution in [0.3, 0.4) is 0 Å². The minimum Gasteiger partial charge on any atom is -0.361 e. The average molecular weight is 487 g/mol. The Morgan fingerprint density at radius 1 is 1.30 bits per heavy atom. The molecule has 1 saturated heterocycles. The first-order valence-corrected chi connectivity index (χ1v) is 15.0. The lowest BCUT2D eigenvalue weighted by molar-refractivity contribution is -0.153. The lowest BCUT2D eigenvalue weighted by Crippen LogP contribution is -2.50. The van der Waals surface area contributed by atoms with E-state index in [1.165, 1.54) is 11.1 Å². The molecule has 1 atom stereocenters. The Morgan fingerprint density at radius 3 is 2.82 bits per heavy atom. The van der Waals surface area contributed by atoms with Gasteiger partial charge in [0.15, 0.2) is 11.5 Å². The predicted octanol–water partition coefficient (Wildman–Crippen LogP) is 4.28. The lowest BCUT2D eigenvalue weighted by atomic mass is 10.0. The van der Waals surface area contributed by atoms with Crippen LogP contribution >= 0.6 is 0 Å². The number of piperidine rings is 1. The number of rotatable bonds is 9. The third kappa shape index (κ3) is 8.27. The van der Waals surface area contributed by atoms with Crippen molar-refractivity contribution in [1.29, 1.82) is 0 Å². The molecule has 1 unspecified atom stereocenters. The van der Waals surface area contributed by atoms with Crippen LogP contribution in [0.2, 0.25) is 25.7 Å². The molecule has 1 aliphatic rings. The quantitative estimate of drug-likeness (QED) is 0.408. The van der Waals surface area contributed by atoms with Gasteiger partial charge in [0.25, 0.3) is 0 Å². The summed E-state index contributed by atoms with van der Waals surface area (Å²) in [5.74, 6) is 0.271. The van der Waals surface area contributed by atoms with Crippen LogP contribution in [0.1, 0.15) is 19.3 Å². The first kappa shape index (κ1) is 25.4. The van der Waals surface area contributed by atoms with Gasteiger partial charge in [0.05, 0.1) is 12.7 Å². The van der Waals surface area contributed by atoms with Crippen molar-refractivity contribution in [3.8, 4) is 0 Å². The second-order valence-corrected chi connectivity index (χ2v) is 15.3. The third-order valence-electron chi connectivity index (χ3n) is 5.56. The molecule has 1 aliphatic heterocycles. The molecule has 2 aromatic heterocycles. The summed E-state index contributed by atoms with van der Waals surface area (Å²) < 4.78 is 46.0. The van der Waals surface area contributed by atoms with Crippen molar-refractivity contribution in [2.75, 3.05) is 31.6 Å². The van der Waals surface area contributed by atoms with Crippen molar-refractivity contribution in [2.24, 2.45) is 0 Å². The molecule has 0 saturated carbocycles. The summed E-state index contributed by atoms with van der Waals surface area (Å²) in [4.78, 5) is 22.5. The fourth-order valence-electron chi connectivity index (χ4n) is 3.77. The van der Waals surface area contributed by atoms with Gasteiger partial charge in [-0.25, -0.2) is 14.8 Å². The van der Waals surface area contributed by atoms with E-state index in [9.17, 15) is 18.0 Å². The van der Waals surface area contributed by atoms with Crippen LogP contribution in [-0.4, -0.2) is 72.0 Å². The highest BCUT2D eigenvalue weighted by atomic mass is 28.3. The van der Waals surface area contributed by atoms with Crippen molar-refractivity contribution in [3.05, 3.63) is 18.5 Å². The normalized spacial score (nSPS) is 17.9. The fourth-order valence-corrected chi connectivity index (χ4v) is 4.52. The molecule has 0 aliphatic carbocycles. The molecule has 2 aromatic rings. The van der Waals surface area contributed by atoms with Crippen molar-refractivity contribution >= 4 is 31.1 Å². The molecule has 12 heteroatoms. The molecule has 33 heavy (non-hydrogen) atoms. The van der Waals surface area contributed by atoms with Crippen molar-refractivity contribution in [1.82, 2.24) is 24.8 Å². The van der Waals surface area contributed by atoms with E-state index < -0.39 is 26.8 Å². The highest BCUT2D eigenvalue weighted by Gasteiger charge is 2.35. The number of likely N-dealkylation sites (tertiary alicyclic amines) is 1. The van der Waals surface area contributed by atoms with Crippen LogP contribution in [0.5, 0.6) is 0 Å². The van der Waals surface area contributed by atoms with Gasteiger partial charge in [0.2, 0.25) is 0 Å². The molecule has 0 aromatic carbocycles. The van der Waals surface area contributed by atoms with Crippen LogP contribution in [0, 0.1) is 0 Å². The number of amides is 2. The monoisotopic (exact) mass is 486 g/mol. The zero-order valence-electron chi connectivity index (χ0n) is 19.4. The van der Waals surface area contributed by atoms with Crippen molar-refractivity contribution in [3.63, 3.8) is 0 Å². The van der Waals surface area contributed by atoms with E-state index in [1.807, 2.05) is 10.8 Å². The number of anilines is 1. The van der Waals surface area contributed by atoms with Gasteiger partial charge >= 0.3 is 12.2 Å². The molecule has 3 heterocycles. The van der Waals surface area contributed by atoms with Crippen molar-refractivity contribution in [2.45, 2.75) is 63.9 Å². The number of nitrogens with zero attached hydrogens (tertiary/aromatic N) is 4. The Labute approximate surface area is 192 Å². The molecule has 3 rings (SSSR count). The zero-order valence-corrected chi connectivity index (χ0v) is 20.4. The second-order valence-electron chi connectivity index (χ2n) is 9.67. The van der Waals surface area contributed by atoms with E-state index >= 15 is 0 Å². The number of nitrogens with one attached hydrogen (secondary N) is 2. The van der Waals surface area contributed by atoms with Crippen LogP contribution in [0.4, 0.5) is 23.8 Å². The smallest absolute Gasteiger partial charge is 0.361 e. The summed E-state index contributed by atoms with van der Waals surface area (Å²) in [6.45, 7) is 7.54. The van der Waals surface area contributed by atoms with E-state index in [4.69, 9.17) is 4.74 Å². The Bertz CT molecular complexity index is 931. The highest BCUT2D eigenvalue weighted by molar-refractivity contribution is 6.76. The summed E-state index contributed by atoms with van der Waals surface area (Å²) in [6, 6.07) is 2.02. The van der Waals surface area contributed by atoms with Gasteiger partial charge in [-0.3, -0.25) is 10.2 Å². The first-order valence-electron chi connectivity index (χ1n) is 11.3. The van der Waals surface area contributed by atoms with Gasteiger partial charge in [0, 0.05) is 33.5 Å². The largest absolute Gasteiger partial charge is 0.401 e. The number of hydrogen-bond acceptors (Lipinski definition) is 5. The number of urea groups is 1. The van der Waals surface area contributed by atoms with E-state index in [2.05, 4.69) is 40.2 Å². The molecule has 184 valence electrons. The maximum atomic E-state index is 12.8. The SMILES string of the molecule is C[Si](C)(C)CCOCn1ccc2nc(NC(=O)NCC3CCCCN3CC(F)(F)F)cnc21. The predicted molar refractivity (Wildman–Crippen MR) is 124 cm³/mol. The first-order chi connectivity index (χ1) is 15.5. The van der Waals surface area contributed by atoms with Gasteiger partial charge in [-0.1, -0.05) is 26.1 Å². The fraction of sp³-hybridized carbons (Fsp3) is 0.667. The number of carbonyl (C=O) groups is 1. The third-order valence-corrected chi connectivity index (χ3v) is 7.27. The zero-order chi connectivity index (χ0) is 24.1. The van der Waals surface area contributed by atoms with Crippen LogP contribution in [-0.2, 0) is 11.5 Å². The van der Waals surface area contributed by atoms with Crippen LogP contribution in [0.25, 0.3) is 11.2 Å². The van der Waals surface area contributed by atoms with Gasteiger partial charge in [-0.05, 0) is 31.5 Å². The minimum atomic E-state index is -4.25. The lowest BCUT2D eigenvalue weighted by Gasteiger charge is -2.36. The minimum absolute atomic E-state index is 0.142. The van der Waals surface area contributed by atoms with E-state index in [0.717, 1.165) is 18.9 Å². The maximum Gasteiger partial charge on any atom is 0.401 e. The summed E-state index contributed by atoms with van der Waals surface area (Å²) >= 11 is 0. The summed E-state index contributed by atoms with van der Waals surface area (Å²) in [7, 11) is -1.15. The summed E-state index contributed by atoms with van der Waals surface area (Å²) in [5.41, 5.74) is 1.27. The number of carbonyl (C=O) groups excluding carboxylic acids is 1. The van der Waals surface area contributed by atoms with Gasteiger partial charge in [0.1, 0.15) is 12.2 Å². The number of ether oxygens (including phenoxy) is 1. The molecule has 8 nitrogen and oxygen atoms in total. The van der Waals surface area contributed by atoms with E-state index in [1.54, 1.807) is 6.07 Å². The molecular formula is C21H33F3N6O2Si. The van der Waals surface area contributed by atoms with E-state index in [0.29, 0.717) is 37.5 Å². The van der Waals surface area contributed by atoms with Crippen molar-refractivity contribution < 1.29 is 22.7 Å². The molecule has 2 N–H and O–H groups in total. The number of halogens is 3. The Balaban J connectivity index is 1.50. The maximum absolute atomic E-state index is 12.8. The summed E-state index contributed by atoms with van der Waals surface area (Å²) in [6.07, 6.45) is 1.24. The Kier molecular flexibility index (Phi) is 8.35. The average Bonchev–Trinajstić information content (AvgIpc) is 3.11. The number of alkyl halides is 3. The summed E-state index contributed by atoms with van der Waals surface area (Å²) in [5, 5.41) is 5.28. The Morgan fingerprint density at radius 2 is 2.09 bits per heavy atom. The molecule has 0 bridgehead atoms. The Hall–Kier alpha value is -2.18. The number of hydrogen-bond donors (Lipinski definition) is 2. The number of fused-ring (bicyclic) bond motifs is 1. The van der Waals surface area contributed by atoms with Gasteiger partial charge < -0.3 is 14.6 Å².